The van der Waals surface area contributed by atoms with Crippen molar-refractivity contribution in [3.8, 4) is 5.75 Å². The van der Waals surface area contributed by atoms with Crippen molar-refractivity contribution in [2.45, 2.75) is 13.2 Å². The van der Waals surface area contributed by atoms with Crippen LogP contribution >= 0.6 is 0 Å². The number of nitrogens with zero attached hydrogens (tertiary/aromatic N) is 2. The summed E-state index contributed by atoms with van der Waals surface area (Å²) >= 11 is 0. The maximum Gasteiger partial charge on any atom is 0.253 e. The van der Waals surface area contributed by atoms with Gasteiger partial charge in [-0.3, -0.25) is 9.69 Å². The summed E-state index contributed by atoms with van der Waals surface area (Å²) in [5, 5.41) is 0. The van der Waals surface area contributed by atoms with E-state index >= 15 is 0 Å². The number of hydrogen-bond donors (Lipinski definition) is 0. The minimum absolute atomic E-state index is 0.0270. The third kappa shape index (κ3) is 4.86. The Balaban J connectivity index is 1.33. The van der Waals surface area contributed by atoms with Gasteiger partial charge in [-0.05, 0) is 42.0 Å². The predicted molar refractivity (Wildman–Crippen MR) is 107 cm³/mol. The van der Waals surface area contributed by atoms with Crippen LogP contribution in [-0.2, 0) is 13.2 Å². The second-order valence-corrected chi connectivity index (χ2v) is 7.21. The molecule has 0 aliphatic carbocycles. The molecule has 1 amide bonds. The highest BCUT2D eigenvalue weighted by Crippen LogP contribution is 2.20. The maximum absolute atomic E-state index is 13.7. The number of benzene rings is 2. The van der Waals surface area contributed by atoms with Crippen LogP contribution in [0.1, 0.15) is 21.7 Å². The molecule has 1 aliphatic rings. The molecule has 1 aliphatic heterocycles. The maximum atomic E-state index is 13.7. The highest BCUT2D eigenvalue weighted by atomic mass is 19.1. The number of piperazine rings is 1. The van der Waals surface area contributed by atoms with E-state index in [2.05, 4.69) is 4.90 Å². The van der Waals surface area contributed by atoms with Gasteiger partial charge in [-0.2, -0.15) is 0 Å². The van der Waals surface area contributed by atoms with Gasteiger partial charge in [-0.15, -0.1) is 0 Å². The molecule has 4 rings (SSSR count). The van der Waals surface area contributed by atoms with E-state index in [-0.39, 0.29) is 18.3 Å². The van der Waals surface area contributed by atoms with E-state index in [4.69, 9.17) is 9.15 Å². The highest BCUT2D eigenvalue weighted by molar-refractivity contribution is 5.94. The molecule has 0 atom stereocenters. The molecule has 0 N–H and O–H groups in total. The Labute approximate surface area is 173 Å². The van der Waals surface area contributed by atoms with Crippen LogP contribution in [0, 0.1) is 11.6 Å². The Bertz CT molecular complexity index is 999. The second-order valence-electron chi connectivity index (χ2n) is 7.21. The van der Waals surface area contributed by atoms with E-state index < -0.39 is 11.6 Å². The number of hydrogen-bond acceptors (Lipinski definition) is 4. The van der Waals surface area contributed by atoms with Crippen molar-refractivity contribution in [1.29, 1.82) is 0 Å². The Morgan fingerprint density at radius 1 is 1.00 bits per heavy atom. The third-order valence-corrected chi connectivity index (χ3v) is 5.08. The van der Waals surface area contributed by atoms with Gasteiger partial charge in [0.2, 0.25) is 0 Å². The smallest absolute Gasteiger partial charge is 0.253 e. The van der Waals surface area contributed by atoms with E-state index in [1.54, 1.807) is 30.5 Å². The molecule has 30 heavy (non-hydrogen) atoms. The summed E-state index contributed by atoms with van der Waals surface area (Å²) in [6, 6.07) is 14.1. The van der Waals surface area contributed by atoms with Crippen molar-refractivity contribution < 1.29 is 22.7 Å². The minimum Gasteiger partial charge on any atom is -0.486 e. The number of carbonyl (C=O) groups is 1. The third-order valence-electron chi connectivity index (χ3n) is 5.08. The summed E-state index contributed by atoms with van der Waals surface area (Å²) in [4.78, 5) is 17.0. The zero-order valence-corrected chi connectivity index (χ0v) is 16.4. The lowest BCUT2D eigenvalue weighted by molar-refractivity contribution is 0.0620. The van der Waals surface area contributed by atoms with Crippen LogP contribution < -0.4 is 4.74 Å². The Morgan fingerprint density at radius 3 is 2.57 bits per heavy atom. The topological polar surface area (TPSA) is 45.9 Å². The standard InChI is InChI=1S/C23H22F2N2O3/c24-19-6-7-22(21(25)14-19)30-16-17-3-1-4-18(13-17)23(28)27-10-8-26(9-11-27)15-20-5-2-12-29-20/h1-7,12-14H,8-11,15-16H2. The van der Waals surface area contributed by atoms with Gasteiger partial charge in [0.25, 0.3) is 5.91 Å². The first-order chi connectivity index (χ1) is 14.6. The highest BCUT2D eigenvalue weighted by Gasteiger charge is 2.22. The summed E-state index contributed by atoms with van der Waals surface area (Å²) in [7, 11) is 0. The van der Waals surface area contributed by atoms with Gasteiger partial charge in [-0.1, -0.05) is 12.1 Å². The Kier molecular flexibility index (Phi) is 6.09. The van der Waals surface area contributed by atoms with Gasteiger partial charge >= 0.3 is 0 Å². The van der Waals surface area contributed by atoms with E-state index in [0.29, 0.717) is 18.7 Å². The SMILES string of the molecule is O=C(c1cccc(COc2ccc(F)cc2F)c1)N1CCN(Cc2ccco2)CC1. The van der Waals surface area contributed by atoms with Crippen LogP contribution in [0.25, 0.3) is 0 Å². The zero-order chi connectivity index (χ0) is 20.9. The van der Waals surface area contributed by atoms with Crippen molar-refractivity contribution in [1.82, 2.24) is 9.80 Å². The van der Waals surface area contributed by atoms with Crippen molar-refractivity contribution in [2.24, 2.45) is 0 Å². The molecule has 0 unspecified atom stereocenters. The fourth-order valence-corrected chi connectivity index (χ4v) is 3.46. The Hall–Kier alpha value is -3.19. The first kappa shape index (κ1) is 20.1. The summed E-state index contributed by atoms with van der Waals surface area (Å²) in [5.74, 6) is -0.560. The van der Waals surface area contributed by atoms with Gasteiger partial charge in [0.05, 0.1) is 12.8 Å². The lowest BCUT2D eigenvalue weighted by Crippen LogP contribution is -2.48. The molecule has 0 radical (unpaired) electrons. The van der Waals surface area contributed by atoms with E-state index in [1.807, 2.05) is 17.0 Å². The fourth-order valence-electron chi connectivity index (χ4n) is 3.46. The van der Waals surface area contributed by atoms with Gasteiger partial charge in [0, 0.05) is 37.8 Å². The van der Waals surface area contributed by atoms with Gasteiger partial charge in [0.1, 0.15) is 18.2 Å². The molecular weight excluding hydrogens is 390 g/mol. The molecule has 5 nitrogen and oxygen atoms in total. The number of halogens is 2. The molecule has 2 aromatic carbocycles. The molecular formula is C23H22F2N2O3. The number of rotatable bonds is 6. The summed E-state index contributed by atoms with van der Waals surface area (Å²) < 4.78 is 37.5. The predicted octanol–water partition coefficient (Wildman–Crippen LogP) is 4.09. The van der Waals surface area contributed by atoms with Gasteiger partial charge in [0.15, 0.2) is 11.6 Å². The number of amides is 1. The molecule has 0 bridgehead atoms. The van der Waals surface area contributed by atoms with E-state index in [1.165, 1.54) is 6.07 Å². The van der Waals surface area contributed by atoms with Crippen LogP contribution in [0.3, 0.4) is 0 Å². The van der Waals surface area contributed by atoms with Crippen LogP contribution in [-0.4, -0.2) is 41.9 Å². The first-order valence-corrected chi connectivity index (χ1v) is 9.79. The average molecular weight is 412 g/mol. The largest absolute Gasteiger partial charge is 0.486 e. The second kappa shape index (κ2) is 9.09. The Morgan fingerprint density at radius 2 is 1.83 bits per heavy atom. The van der Waals surface area contributed by atoms with Crippen molar-refractivity contribution in [3.05, 3.63) is 89.4 Å². The number of furan rings is 1. The number of carbonyl (C=O) groups excluding carboxylic acids is 1. The molecule has 3 aromatic rings. The summed E-state index contributed by atoms with van der Waals surface area (Å²) in [5.41, 5.74) is 1.30. The number of ether oxygens (including phenoxy) is 1. The average Bonchev–Trinajstić information content (AvgIpc) is 3.26. The minimum atomic E-state index is -0.755. The lowest BCUT2D eigenvalue weighted by atomic mass is 10.1. The molecule has 156 valence electrons. The lowest BCUT2D eigenvalue weighted by Gasteiger charge is -2.34. The van der Waals surface area contributed by atoms with Crippen LogP contribution in [0.15, 0.2) is 65.3 Å². The van der Waals surface area contributed by atoms with E-state index in [9.17, 15) is 13.6 Å². The molecule has 1 aromatic heterocycles. The monoisotopic (exact) mass is 412 g/mol. The quantitative estimate of drug-likeness (QED) is 0.612. The fraction of sp³-hybridized carbons (Fsp3) is 0.261. The molecule has 1 saturated heterocycles. The van der Waals surface area contributed by atoms with E-state index in [0.717, 1.165) is 43.1 Å². The van der Waals surface area contributed by atoms with Crippen molar-refractivity contribution >= 4 is 5.91 Å². The zero-order valence-electron chi connectivity index (χ0n) is 16.4. The summed E-state index contributed by atoms with van der Waals surface area (Å²) in [6.07, 6.45) is 1.66. The van der Waals surface area contributed by atoms with Crippen LogP contribution in [0.2, 0.25) is 0 Å². The first-order valence-electron chi connectivity index (χ1n) is 9.79. The molecule has 0 saturated carbocycles. The molecule has 1 fully saturated rings. The van der Waals surface area contributed by atoms with Gasteiger partial charge < -0.3 is 14.1 Å². The normalized spacial score (nSPS) is 14.7. The van der Waals surface area contributed by atoms with Crippen LogP contribution in [0.5, 0.6) is 5.75 Å². The molecule has 2 heterocycles. The van der Waals surface area contributed by atoms with Crippen molar-refractivity contribution in [2.75, 3.05) is 26.2 Å². The van der Waals surface area contributed by atoms with Crippen molar-refractivity contribution in [3.63, 3.8) is 0 Å². The van der Waals surface area contributed by atoms with Crippen LogP contribution in [0.4, 0.5) is 8.78 Å². The van der Waals surface area contributed by atoms with Gasteiger partial charge in [-0.25, -0.2) is 8.78 Å². The summed E-state index contributed by atoms with van der Waals surface area (Å²) in [6.45, 7) is 3.66. The molecule has 0 spiro atoms. The molecule has 7 heteroatoms.